The predicted molar refractivity (Wildman–Crippen MR) is 128 cm³/mol. The SMILES string of the molecule is Cc1cc(/N=c2/n(C)c3ccc(C(F)(F)F)cc3n2Cc2ccc(CO)cc2)ccc1C(C)C. The van der Waals surface area contributed by atoms with Gasteiger partial charge in [0.2, 0.25) is 5.62 Å². The van der Waals surface area contributed by atoms with Crippen LogP contribution in [0.4, 0.5) is 18.9 Å². The molecule has 0 aliphatic carbocycles. The molecule has 1 aromatic heterocycles. The van der Waals surface area contributed by atoms with E-state index in [-0.39, 0.29) is 6.61 Å². The van der Waals surface area contributed by atoms with Gasteiger partial charge in [0.25, 0.3) is 0 Å². The lowest BCUT2D eigenvalue weighted by atomic mass is 9.98. The molecule has 1 N–H and O–H groups in total. The highest BCUT2D eigenvalue weighted by Gasteiger charge is 2.31. The minimum Gasteiger partial charge on any atom is -0.392 e. The third-order valence-corrected chi connectivity index (χ3v) is 6.15. The van der Waals surface area contributed by atoms with Gasteiger partial charge in [0.15, 0.2) is 0 Å². The topological polar surface area (TPSA) is 42.5 Å². The Hall–Kier alpha value is -3.32. The molecule has 0 saturated heterocycles. The molecule has 4 aromatic rings. The zero-order valence-electron chi connectivity index (χ0n) is 19.7. The Morgan fingerprint density at radius 2 is 1.59 bits per heavy atom. The summed E-state index contributed by atoms with van der Waals surface area (Å²) < 4.78 is 44.1. The lowest BCUT2D eigenvalue weighted by molar-refractivity contribution is -0.137. The third-order valence-electron chi connectivity index (χ3n) is 6.15. The van der Waals surface area contributed by atoms with Crippen molar-refractivity contribution in [1.29, 1.82) is 0 Å². The van der Waals surface area contributed by atoms with E-state index in [9.17, 15) is 18.3 Å². The molecule has 0 aliphatic rings. The summed E-state index contributed by atoms with van der Waals surface area (Å²) in [6.45, 7) is 6.59. The first-order chi connectivity index (χ1) is 16.1. The van der Waals surface area contributed by atoms with Crippen molar-refractivity contribution in [3.05, 3.63) is 94.1 Å². The fourth-order valence-electron chi connectivity index (χ4n) is 4.31. The number of imidazole rings is 1. The van der Waals surface area contributed by atoms with Crippen molar-refractivity contribution < 1.29 is 18.3 Å². The molecule has 0 unspecified atom stereocenters. The van der Waals surface area contributed by atoms with E-state index in [1.54, 1.807) is 0 Å². The molecule has 0 aliphatic heterocycles. The molecule has 0 spiro atoms. The Bertz CT molecular complexity index is 1390. The summed E-state index contributed by atoms with van der Waals surface area (Å²) >= 11 is 0. The van der Waals surface area contributed by atoms with Gasteiger partial charge in [-0.3, -0.25) is 0 Å². The van der Waals surface area contributed by atoms with Gasteiger partial charge in [-0.25, -0.2) is 4.99 Å². The summed E-state index contributed by atoms with van der Waals surface area (Å²) in [5.74, 6) is 0.388. The predicted octanol–water partition coefficient (Wildman–Crippen LogP) is 6.20. The number of benzene rings is 3. The van der Waals surface area contributed by atoms with Crippen molar-refractivity contribution in [2.24, 2.45) is 12.0 Å². The smallest absolute Gasteiger partial charge is 0.392 e. The van der Waals surface area contributed by atoms with E-state index in [4.69, 9.17) is 4.99 Å². The van der Waals surface area contributed by atoms with E-state index in [1.165, 1.54) is 17.7 Å². The molecule has 4 nitrogen and oxygen atoms in total. The maximum atomic E-state index is 13.5. The number of aromatic nitrogens is 2. The van der Waals surface area contributed by atoms with Crippen LogP contribution in [0.5, 0.6) is 0 Å². The fourth-order valence-corrected chi connectivity index (χ4v) is 4.31. The molecule has 1 heterocycles. The van der Waals surface area contributed by atoms with Crippen molar-refractivity contribution in [2.75, 3.05) is 0 Å². The van der Waals surface area contributed by atoms with Crippen molar-refractivity contribution in [3.63, 3.8) is 0 Å². The highest BCUT2D eigenvalue weighted by atomic mass is 19.4. The van der Waals surface area contributed by atoms with Crippen LogP contribution in [0.25, 0.3) is 11.0 Å². The largest absolute Gasteiger partial charge is 0.416 e. The Balaban J connectivity index is 1.94. The van der Waals surface area contributed by atoms with E-state index in [0.717, 1.165) is 28.4 Å². The monoisotopic (exact) mass is 467 g/mol. The highest BCUT2D eigenvalue weighted by molar-refractivity contribution is 5.77. The summed E-state index contributed by atoms with van der Waals surface area (Å²) in [4.78, 5) is 4.87. The van der Waals surface area contributed by atoms with Crippen molar-refractivity contribution in [3.8, 4) is 0 Å². The highest BCUT2D eigenvalue weighted by Crippen LogP contribution is 2.31. The summed E-state index contributed by atoms with van der Waals surface area (Å²) in [7, 11) is 1.81. The molecule has 34 heavy (non-hydrogen) atoms. The zero-order valence-corrected chi connectivity index (χ0v) is 19.7. The Morgan fingerprint density at radius 1 is 0.912 bits per heavy atom. The molecule has 178 valence electrons. The lowest BCUT2D eigenvalue weighted by Gasteiger charge is -2.10. The van der Waals surface area contributed by atoms with Crippen LogP contribution in [0, 0.1) is 6.92 Å². The first-order valence-electron chi connectivity index (χ1n) is 11.2. The number of aliphatic hydroxyl groups is 1. The van der Waals surface area contributed by atoms with Crippen molar-refractivity contribution in [1.82, 2.24) is 9.13 Å². The van der Waals surface area contributed by atoms with Gasteiger partial charge in [-0.2, -0.15) is 13.2 Å². The van der Waals surface area contributed by atoms with Gasteiger partial charge in [0, 0.05) is 7.05 Å². The maximum Gasteiger partial charge on any atom is 0.416 e. The summed E-state index contributed by atoms with van der Waals surface area (Å²) in [6.07, 6.45) is -4.44. The number of aryl methyl sites for hydroxylation is 2. The van der Waals surface area contributed by atoms with E-state index < -0.39 is 11.7 Å². The number of nitrogens with zero attached hydrogens (tertiary/aromatic N) is 3. The van der Waals surface area contributed by atoms with Gasteiger partial charge in [-0.15, -0.1) is 0 Å². The average molecular weight is 468 g/mol. The van der Waals surface area contributed by atoms with Crippen LogP contribution in [0.3, 0.4) is 0 Å². The first kappa shape index (κ1) is 23.8. The molecule has 7 heteroatoms. The normalized spacial score (nSPS) is 12.8. The van der Waals surface area contributed by atoms with E-state index in [1.807, 2.05) is 59.5 Å². The second kappa shape index (κ2) is 9.14. The number of aliphatic hydroxyl groups excluding tert-OH is 1. The van der Waals surface area contributed by atoms with Gasteiger partial charge < -0.3 is 14.2 Å². The Kier molecular flexibility index (Phi) is 6.41. The lowest BCUT2D eigenvalue weighted by Crippen LogP contribution is -2.24. The molecule has 0 fully saturated rings. The molecule has 0 saturated carbocycles. The minimum atomic E-state index is -4.44. The van der Waals surface area contributed by atoms with E-state index in [2.05, 4.69) is 19.9 Å². The molecular formula is C27H28F3N3O. The Morgan fingerprint density at radius 3 is 2.18 bits per heavy atom. The molecule has 0 radical (unpaired) electrons. The third kappa shape index (κ3) is 4.66. The van der Waals surface area contributed by atoms with E-state index in [0.29, 0.717) is 29.1 Å². The molecular weight excluding hydrogens is 439 g/mol. The van der Waals surface area contributed by atoms with Gasteiger partial charge in [0.05, 0.1) is 35.4 Å². The first-order valence-corrected chi connectivity index (χ1v) is 11.2. The van der Waals surface area contributed by atoms with Crippen LogP contribution in [0.15, 0.2) is 65.7 Å². The minimum absolute atomic E-state index is 0.0665. The Labute approximate surface area is 196 Å². The van der Waals surface area contributed by atoms with Crippen LogP contribution >= 0.6 is 0 Å². The van der Waals surface area contributed by atoms with Gasteiger partial charge in [-0.1, -0.05) is 44.2 Å². The van der Waals surface area contributed by atoms with Crippen LogP contribution in [0.1, 0.15) is 47.6 Å². The van der Waals surface area contributed by atoms with Gasteiger partial charge in [-0.05, 0) is 65.4 Å². The molecule has 0 atom stereocenters. The second-order valence-corrected chi connectivity index (χ2v) is 8.93. The summed E-state index contributed by atoms with van der Waals surface area (Å²) in [5.41, 5.74) is 5.76. The average Bonchev–Trinajstić information content (AvgIpc) is 3.04. The number of hydrogen-bond donors (Lipinski definition) is 1. The zero-order chi connectivity index (χ0) is 24.6. The quantitative estimate of drug-likeness (QED) is 0.373. The summed E-state index contributed by atoms with van der Waals surface area (Å²) in [6, 6.07) is 17.2. The van der Waals surface area contributed by atoms with Gasteiger partial charge in [0.1, 0.15) is 0 Å². The number of hydrogen-bond acceptors (Lipinski definition) is 2. The van der Waals surface area contributed by atoms with Crippen LogP contribution in [-0.4, -0.2) is 14.2 Å². The van der Waals surface area contributed by atoms with Crippen molar-refractivity contribution >= 4 is 16.7 Å². The van der Waals surface area contributed by atoms with Crippen LogP contribution < -0.4 is 5.62 Å². The van der Waals surface area contributed by atoms with Crippen LogP contribution in [-0.2, 0) is 26.4 Å². The number of halogens is 3. The molecule has 3 aromatic carbocycles. The molecule has 4 rings (SSSR count). The van der Waals surface area contributed by atoms with Crippen LogP contribution in [0.2, 0.25) is 0 Å². The fraction of sp³-hybridized carbons (Fsp3) is 0.296. The number of fused-ring (bicyclic) bond motifs is 1. The van der Waals surface area contributed by atoms with Crippen molar-refractivity contribution in [2.45, 2.75) is 46.0 Å². The molecule has 0 amide bonds. The second-order valence-electron chi connectivity index (χ2n) is 8.93. The molecule has 0 bridgehead atoms. The number of alkyl halides is 3. The number of rotatable bonds is 5. The summed E-state index contributed by atoms with van der Waals surface area (Å²) in [5, 5.41) is 9.32. The standard InChI is InChI=1S/C27H28F3N3O/c1-17(2)23-11-10-22(13-18(23)3)31-26-32(4)24-12-9-21(27(28,29)30)14-25(24)33(26)15-19-5-7-20(16-34)8-6-19/h5-14,17,34H,15-16H2,1-4H3/b31-26-. The van der Waals surface area contributed by atoms with E-state index >= 15 is 0 Å². The maximum absolute atomic E-state index is 13.5. The van der Waals surface area contributed by atoms with Gasteiger partial charge >= 0.3 is 6.18 Å².